The van der Waals surface area contributed by atoms with Crippen LogP contribution in [-0.2, 0) is 12.7 Å². The number of piperazine rings is 1. The molecule has 4 rings (SSSR count). The van der Waals surface area contributed by atoms with Crippen LogP contribution in [0.2, 0.25) is 0 Å². The number of benzene rings is 2. The fourth-order valence-electron chi connectivity index (χ4n) is 3.39. The molecule has 0 saturated carbocycles. The van der Waals surface area contributed by atoms with E-state index < -0.39 is 11.7 Å². The lowest BCUT2D eigenvalue weighted by atomic mass is 10.1. The summed E-state index contributed by atoms with van der Waals surface area (Å²) in [6, 6.07) is 12.2. The first-order valence-corrected chi connectivity index (χ1v) is 9.03. The van der Waals surface area contributed by atoms with Crippen LogP contribution in [0.15, 0.2) is 48.5 Å². The number of nitrogens with one attached hydrogen (secondary N) is 1. The van der Waals surface area contributed by atoms with Crippen molar-refractivity contribution in [3.8, 4) is 0 Å². The smallest absolute Gasteiger partial charge is 0.341 e. The molecule has 0 radical (unpaired) electrons. The molecule has 0 aliphatic carbocycles. The molecule has 1 saturated heterocycles. The first-order valence-electron chi connectivity index (χ1n) is 9.03. The zero-order valence-corrected chi connectivity index (χ0v) is 15.0. The summed E-state index contributed by atoms with van der Waals surface area (Å²) in [5.74, 6) is 0.640. The fourth-order valence-corrected chi connectivity index (χ4v) is 3.39. The van der Waals surface area contributed by atoms with Crippen molar-refractivity contribution in [1.82, 2.24) is 19.8 Å². The molecule has 0 spiro atoms. The number of amides is 1. The summed E-state index contributed by atoms with van der Waals surface area (Å²) in [7, 11) is 0. The Kier molecular flexibility index (Phi) is 4.80. The number of para-hydroxylation sites is 2. The lowest BCUT2D eigenvalue weighted by Crippen LogP contribution is -2.48. The van der Waals surface area contributed by atoms with Gasteiger partial charge in [-0.2, -0.15) is 13.2 Å². The highest BCUT2D eigenvalue weighted by Gasteiger charge is 2.30. The second-order valence-corrected chi connectivity index (χ2v) is 6.84. The summed E-state index contributed by atoms with van der Waals surface area (Å²) in [5.41, 5.74) is 1.45. The van der Waals surface area contributed by atoms with E-state index in [2.05, 4.69) is 14.9 Å². The van der Waals surface area contributed by atoms with Crippen LogP contribution in [0.5, 0.6) is 0 Å². The lowest BCUT2D eigenvalue weighted by Gasteiger charge is -2.34. The molecule has 1 fully saturated rings. The van der Waals surface area contributed by atoms with Crippen LogP contribution in [0.1, 0.15) is 21.7 Å². The molecule has 3 aromatic rings. The molecule has 8 heteroatoms. The number of aromatic nitrogens is 2. The minimum absolute atomic E-state index is 0.239. The fraction of sp³-hybridized carbons (Fsp3) is 0.300. The van der Waals surface area contributed by atoms with Gasteiger partial charge in [-0.1, -0.05) is 12.1 Å². The number of carbonyl (C=O) groups excluding carboxylic acids is 1. The van der Waals surface area contributed by atoms with Gasteiger partial charge in [0, 0.05) is 31.7 Å². The maximum atomic E-state index is 12.7. The Morgan fingerprint density at radius 1 is 1.00 bits per heavy atom. The van der Waals surface area contributed by atoms with E-state index in [0.717, 1.165) is 29.0 Å². The van der Waals surface area contributed by atoms with Gasteiger partial charge in [-0.15, -0.1) is 0 Å². The highest BCUT2D eigenvalue weighted by molar-refractivity contribution is 5.94. The molecule has 1 amide bonds. The number of H-pyrrole nitrogens is 1. The number of rotatable bonds is 3. The number of imidazole rings is 1. The SMILES string of the molecule is O=C(c1ccc(C(F)(F)F)cc1)N1CCN(Cc2nc3ccccc3[nH]2)CC1. The van der Waals surface area contributed by atoms with E-state index >= 15 is 0 Å². The first-order chi connectivity index (χ1) is 13.4. The van der Waals surface area contributed by atoms with Gasteiger partial charge in [-0.25, -0.2) is 4.98 Å². The van der Waals surface area contributed by atoms with E-state index in [1.165, 1.54) is 12.1 Å². The maximum absolute atomic E-state index is 12.7. The van der Waals surface area contributed by atoms with Crippen molar-refractivity contribution in [3.05, 3.63) is 65.5 Å². The van der Waals surface area contributed by atoms with Crippen molar-refractivity contribution in [2.24, 2.45) is 0 Å². The zero-order chi connectivity index (χ0) is 19.7. The maximum Gasteiger partial charge on any atom is 0.416 e. The number of halogens is 3. The summed E-state index contributed by atoms with van der Waals surface area (Å²) in [4.78, 5) is 24.3. The normalized spacial score (nSPS) is 15.9. The van der Waals surface area contributed by atoms with Crippen molar-refractivity contribution in [3.63, 3.8) is 0 Å². The molecule has 146 valence electrons. The number of hydrogen-bond acceptors (Lipinski definition) is 3. The number of aromatic amines is 1. The summed E-state index contributed by atoms with van der Waals surface area (Å²) in [5, 5.41) is 0. The van der Waals surface area contributed by atoms with Crippen LogP contribution in [0.3, 0.4) is 0 Å². The number of fused-ring (bicyclic) bond motifs is 1. The second-order valence-electron chi connectivity index (χ2n) is 6.84. The summed E-state index contributed by atoms with van der Waals surface area (Å²) >= 11 is 0. The molecule has 2 heterocycles. The van der Waals surface area contributed by atoms with E-state index in [-0.39, 0.29) is 11.5 Å². The lowest BCUT2D eigenvalue weighted by molar-refractivity contribution is -0.137. The van der Waals surface area contributed by atoms with Crippen LogP contribution in [-0.4, -0.2) is 51.9 Å². The third kappa shape index (κ3) is 3.87. The van der Waals surface area contributed by atoms with Gasteiger partial charge in [0.1, 0.15) is 5.82 Å². The molecule has 28 heavy (non-hydrogen) atoms. The van der Waals surface area contributed by atoms with Gasteiger partial charge in [0.05, 0.1) is 23.1 Å². The largest absolute Gasteiger partial charge is 0.416 e. The van der Waals surface area contributed by atoms with Gasteiger partial charge in [-0.05, 0) is 36.4 Å². The third-order valence-corrected chi connectivity index (χ3v) is 4.93. The Balaban J connectivity index is 1.35. The van der Waals surface area contributed by atoms with Crippen LogP contribution in [0.25, 0.3) is 11.0 Å². The Bertz CT molecular complexity index is 940. The topological polar surface area (TPSA) is 52.2 Å². The first kappa shape index (κ1) is 18.5. The van der Waals surface area contributed by atoms with Crippen molar-refractivity contribution >= 4 is 16.9 Å². The van der Waals surface area contributed by atoms with Crippen LogP contribution in [0.4, 0.5) is 13.2 Å². The van der Waals surface area contributed by atoms with E-state index in [4.69, 9.17) is 0 Å². The van der Waals surface area contributed by atoms with Crippen molar-refractivity contribution in [2.45, 2.75) is 12.7 Å². The Morgan fingerprint density at radius 3 is 2.32 bits per heavy atom. The monoisotopic (exact) mass is 388 g/mol. The molecule has 0 bridgehead atoms. The predicted molar refractivity (Wildman–Crippen MR) is 98.7 cm³/mol. The molecular formula is C20H19F3N4O. The quantitative estimate of drug-likeness (QED) is 0.747. The molecule has 0 unspecified atom stereocenters. The number of hydrogen-bond donors (Lipinski definition) is 1. The van der Waals surface area contributed by atoms with E-state index in [1.807, 2.05) is 24.3 Å². The predicted octanol–water partition coefficient (Wildman–Crippen LogP) is 3.54. The number of alkyl halides is 3. The summed E-state index contributed by atoms with van der Waals surface area (Å²) in [6.45, 7) is 3.09. The molecule has 2 aromatic carbocycles. The Hall–Kier alpha value is -2.87. The molecule has 1 aliphatic heterocycles. The third-order valence-electron chi connectivity index (χ3n) is 4.93. The van der Waals surface area contributed by atoms with Crippen molar-refractivity contribution in [2.75, 3.05) is 26.2 Å². The second kappa shape index (κ2) is 7.27. The number of carbonyl (C=O) groups is 1. The number of nitrogens with zero attached hydrogens (tertiary/aromatic N) is 3. The molecule has 0 atom stereocenters. The average Bonchev–Trinajstić information content (AvgIpc) is 3.10. The van der Waals surface area contributed by atoms with Crippen LogP contribution in [0, 0.1) is 0 Å². The van der Waals surface area contributed by atoms with Gasteiger partial charge < -0.3 is 9.88 Å². The highest BCUT2D eigenvalue weighted by atomic mass is 19.4. The van der Waals surface area contributed by atoms with Crippen LogP contribution >= 0.6 is 0 Å². The molecular weight excluding hydrogens is 369 g/mol. The molecule has 1 N–H and O–H groups in total. The van der Waals surface area contributed by atoms with Gasteiger partial charge in [-0.3, -0.25) is 9.69 Å². The van der Waals surface area contributed by atoms with Gasteiger partial charge >= 0.3 is 6.18 Å². The van der Waals surface area contributed by atoms with Gasteiger partial charge in [0.25, 0.3) is 5.91 Å². The average molecular weight is 388 g/mol. The Labute approximate surface area is 159 Å². The standard InChI is InChI=1S/C20H19F3N4O/c21-20(22,23)15-7-5-14(6-8-15)19(28)27-11-9-26(10-12-27)13-18-24-16-3-1-2-4-17(16)25-18/h1-8H,9-13H2,(H,24,25). The van der Waals surface area contributed by atoms with Gasteiger partial charge in [0.15, 0.2) is 0 Å². The van der Waals surface area contributed by atoms with Crippen LogP contribution < -0.4 is 0 Å². The van der Waals surface area contributed by atoms with E-state index in [1.54, 1.807) is 4.90 Å². The summed E-state index contributed by atoms with van der Waals surface area (Å²) in [6.07, 6.45) is -4.40. The van der Waals surface area contributed by atoms with E-state index in [0.29, 0.717) is 32.7 Å². The molecule has 1 aliphatic rings. The zero-order valence-electron chi connectivity index (χ0n) is 15.0. The minimum atomic E-state index is -4.40. The van der Waals surface area contributed by atoms with Crippen molar-refractivity contribution in [1.29, 1.82) is 0 Å². The summed E-state index contributed by atoms with van der Waals surface area (Å²) < 4.78 is 38.0. The highest BCUT2D eigenvalue weighted by Crippen LogP contribution is 2.29. The van der Waals surface area contributed by atoms with Gasteiger partial charge in [0.2, 0.25) is 0 Å². The van der Waals surface area contributed by atoms with E-state index in [9.17, 15) is 18.0 Å². The molecule has 1 aromatic heterocycles. The minimum Gasteiger partial charge on any atom is -0.341 e. The molecule has 5 nitrogen and oxygen atoms in total. The van der Waals surface area contributed by atoms with Crippen molar-refractivity contribution < 1.29 is 18.0 Å². The Morgan fingerprint density at radius 2 is 1.68 bits per heavy atom.